The molecule has 0 saturated carbocycles. The van der Waals surface area contributed by atoms with Crippen molar-refractivity contribution in [3.05, 3.63) is 53.7 Å². The van der Waals surface area contributed by atoms with Crippen LogP contribution in [0.3, 0.4) is 0 Å². The normalized spacial score (nSPS) is 15.9. The lowest BCUT2D eigenvalue weighted by Crippen LogP contribution is -2.33. The zero-order chi connectivity index (χ0) is 20.6. The minimum absolute atomic E-state index is 0.113. The fourth-order valence-electron chi connectivity index (χ4n) is 3.49. The summed E-state index contributed by atoms with van der Waals surface area (Å²) in [5, 5.41) is 12.8. The first-order valence-electron chi connectivity index (χ1n) is 9.84. The van der Waals surface area contributed by atoms with Gasteiger partial charge in [-0.15, -0.1) is 0 Å². The summed E-state index contributed by atoms with van der Waals surface area (Å²) in [7, 11) is 1.35. The average molecular weight is 399 g/mol. The lowest BCUT2D eigenvalue weighted by Gasteiger charge is -2.13. The fourth-order valence-corrected chi connectivity index (χ4v) is 3.49. The number of carbonyl (C=O) groups is 2. The number of carbonyl (C=O) groups excluding carboxylic acids is 2. The highest BCUT2D eigenvalue weighted by Crippen LogP contribution is 2.28. The topological polar surface area (TPSA) is 88.7 Å². The van der Waals surface area contributed by atoms with Crippen LogP contribution in [0.2, 0.25) is 0 Å². The minimum Gasteiger partial charge on any atom is -0.493 e. The van der Waals surface area contributed by atoms with Gasteiger partial charge < -0.3 is 14.7 Å². The van der Waals surface area contributed by atoms with Crippen LogP contribution in [0.5, 0.6) is 5.75 Å². The molecule has 0 fully saturated rings. The number of ether oxygens (including phenoxy) is 2. The predicted octanol–water partition coefficient (Wildman–Crippen LogP) is 2.33. The third-order valence-electron chi connectivity index (χ3n) is 5.12. The number of pyridine rings is 1. The molecule has 154 valence electrons. The molecular weight excluding hydrogens is 372 g/mol. The molecule has 29 heavy (non-hydrogen) atoms. The molecule has 2 N–H and O–H groups in total. The van der Waals surface area contributed by atoms with Crippen LogP contribution < -0.4 is 14.8 Å². The number of nitrogens with one attached hydrogen (secondary N) is 1. The van der Waals surface area contributed by atoms with Gasteiger partial charge in [-0.3, -0.25) is 14.9 Å². The number of anilines is 1. The molecule has 0 saturated heterocycles. The first-order valence-corrected chi connectivity index (χ1v) is 9.84. The van der Waals surface area contributed by atoms with Crippen molar-refractivity contribution in [3.8, 4) is 5.75 Å². The summed E-state index contributed by atoms with van der Waals surface area (Å²) >= 11 is 0. The largest absolute Gasteiger partial charge is 0.493 e. The first-order chi connectivity index (χ1) is 14.1. The number of aromatic nitrogens is 1. The van der Waals surface area contributed by atoms with Gasteiger partial charge in [-0.05, 0) is 42.2 Å². The van der Waals surface area contributed by atoms with Crippen LogP contribution in [0, 0.1) is 5.92 Å². The van der Waals surface area contributed by atoms with E-state index in [9.17, 15) is 14.8 Å². The Morgan fingerprint density at radius 1 is 1.24 bits per heavy atom. The zero-order valence-corrected chi connectivity index (χ0v) is 16.6. The standard InChI is InChI=1S/C22H26N2O5/c1-28-22(26)15-18-13-16-6-8-19(14-17(16)7-9-20(18)25)29-12-4-10-23-21-5-2-3-11-24(21)27/h2-3,5-6,8,11,14,18,27H,4,7,9-10,12-13,15H2,1H3/p+1. The van der Waals surface area contributed by atoms with Crippen LogP contribution in [0.25, 0.3) is 0 Å². The third-order valence-corrected chi connectivity index (χ3v) is 5.12. The molecule has 0 amide bonds. The molecule has 7 heteroatoms. The summed E-state index contributed by atoms with van der Waals surface area (Å²) in [6.07, 6.45) is 4.12. The van der Waals surface area contributed by atoms with Gasteiger partial charge in [-0.25, -0.2) is 0 Å². The van der Waals surface area contributed by atoms with Crippen LogP contribution in [0.15, 0.2) is 42.6 Å². The molecule has 0 bridgehead atoms. The van der Waals surface area contributed by atoms with Crippen LogP contribution in [0.4, 0.5) is 5.82 Å². The molecular formula is C22H27N2O5+. The average Bonchev–Trinajstić information content (AvgIpc) is 2.88. The van der Waals surface area contributed by atoms with Crippen LogP contribution in [0.1, 0.15) is 30.4 Å². The number of aryl methyl sites for hydroxylation is 1. The maximum Gasteiger partial charge on any atom is 0.313 e. The molecule has 7 nitrogen and oxygen atoms in total. The number of hydrogen-bond donors (Lipinski definition) is 2. The van der Waals surface area contributed by atoms with Crippen LogP contribution >= 0.6 is 0 Å². The van der Waals surface area contributed by atoms with E-state index in [2.05, 4.69) is 5.32 Å². The Labute approximate surface area is 170 Å². The zero-order valence-electron chi connectivity index (χ0n) is 16.6. The van der Waals surface area contributed by atoms with Crippen molar-refractivity contribution >= 4 is 17.6 Å². The number of hydrogen-bond acceptors (Lipinski definition) is 6. The van der Waals surface area contributed by atoms with E-state index < -0.39 is 0 Å². The van der Waals surface area contributed by atoms with E-state index in [0.717, 1.165) is 28.0 Å². The first kappa shape index (κ1) is 20.6. The molecule has 1 aromatic carbocycles. The van der Waals surface area contributed by atoms with E-state index in [-0.39, 0.29) is 24.1 Å². The fraction of sp³-hybridized carbons (Fsp3) is 0.409. The molecule has 2 aromatic rings. The molecule has 0 aliphatic heterocycles. The van der Waals surface area contributed by atoms with Crippen molar-refractivity contribution in [2.24, 2.45) is 5.92 Å². The van der Waals surface area contributed by atoms with Crippen molar-refractivity contribution in [2.45, 2.75) is 32.1 Å². The van der Waals surface area contributed by atoms with Gasteiger partial charge in [0.05, 0.1) is 26.7 Å². The van der Waals surface area contributed by atoms with Gasteiger partial charge in [-0.1, -0.05) is 16.9 Å². The SMILES string of the molecule is COC(=O)CC1Cc2ccc(OCCCNc3cccc[n+]3O)cc2CCC1=O. The van der Waals surface area contributed by atoms with Crippen LogP contribution in [-0.4, -0.2) is 37.2 Å². The Morgan fingerprint density at radius 2 is 2.10 bits per heavy atom. The number of esters is 1. The van der Waals surface area contributed by atoms with Crippen molar-refractivity contribution in [1.82, 2.24) is 0 Å². The quantitative estimate of drug-likeness (QED) is 0.233. The molecule has 0 spiro atoms. The van der Waals surface area contributed by atoms with E-state index in [1.807, 2.05) is 24.3 Å². The highest BCUT2D eigenvalue weighted by Gasteiger charge is 2.26. The lowest BCUT2D eigenvalue weighted by molar-refractivity contribution is -0.893. The molecule has 1 aromatic heterocycles. The van der Waals surface area contributed by atoms with Gasteiger partial charge in [0.15, 0.2) is 0 Å². The number of ketones is 1. The molecule has 1 aliphatic rings. The van der Waals surface area contributed by atoms with Gasteiger partial charge in [0.1, 0.15) is 17.7 Å². The summed E-state index contributed by atoms with van der Waals surface area (Å²) in [4.78, 5) is 23.9. The number of benzene rings is 1. The Morgan fingerprint density at radius 3 is 2.90 bits per heavy atom. The van der Waals surface area contributed by atoms with Gasteiger partial charge in [0, 0.05) is 24.8 Å². The summed E-state index contributed by atoms with van der Waals surface area (Å²) in [6.45, 7) is 1.20. The minimum atomic E-state index is -0.345. The Balaban J connectivity index is 1.51. The smallest absolute Gasteiger partial charge is 0.313 e. The summed E-state index contributed by atoms with van der Waals surface area (Å²) < 4.78 is 11.6. The number of fused-ring (bicyclic) bond motifs is 1. The van der Waals surface area contributed by atoms with E-state index in [1.165, 1.54) is 7.11 Å². The number of nitrogens with zero attached hydrogens (tertiary/aromatic N) is 1. The molecule has 1 aliphatic carbocycles. The van der Waals surface area contributed by atoms with Gasteiger partial charge >= 0.3 is 11.8 Å². The van der Waals surface area contributed by atoms with Crippen molar-refractivity contribution in [3.63, 3.8) is 0 Å². The Bertz CT molecular complexity index is 868. The molecule has 0 radical (unpaired) electrons. The second-order valence-electron chi connectivity index (χ2n) is 7.14. The summed E-state index contributed by atoms with van der Waals surface area (Å²) in [5.41, 5.74) is 2.20. The van der Waals surface area contributed by atoms with Gasteiger partial charge in [0.25, 0.3) is 0 Å². The summed E-state index contributed by atoms with van der Waals surface area (Å²) in [5.74, 6) is 0.863. The predicted molar refractivity (Wildman–Crippen MR) is 106 cm³/mol. The number of Topliss-reactive ketones (excluding diaryl/α,β-unsaturated/α-hetero) is 1. The number of methoxy groups -OCH3 is 1. The van der Waals surface area contributed by atoms with E-state index >= 15 is 0 Å². The second kappa shape index (κ2) is 9.91. The maximum absolute atomic E-state index is 12.3. The Kier molecular flexibility index (Phi) is 7.05. The van der Waals surface area contributed by atoms with Crippen molar-refractivity contribution in [1.29, 1.82) is 0 Å². The van der Waals surface area contributed by atoms with E-state index in [1.54, 1.807) is 18.3 Å². The second-order valence-corrected chi connectivity index (χ2v) is 7.14. The number of rotatable bonds is 8. The summed E-state index contributed by atoms with van der Waals surface area (Å²) in [6, 6.07) is 11.3. The highest BCUT2D eigenvalue weighted by atomic mass is 16.5. The molecule has 3 rings (SSSR count). The van der Waals surface area contributed by atoms with Crippen molar-refractivity contribution in [2.75, 3.05) is 25.6 Å². The van der Waals surface area contributed by atoms with E-state index in [0.29, 0.717) is 38.2 Å². The molecule has 1 atom stereocenters. The monoisotopic (exact) mass is 399 g/mol. The molecule has 1 heterocycles. The lowest BCUT2D eigenvalue weighted by atomic mass is 9.93. The maximum atomic E-state index is 12.3. The van der Waals surface area contributed by atoms with Gasteiger partial charge in [-0.2, -0.15) is 0 Å². The van der Waals surface area contributed by atoms with Crippen molar-refractivity contribution < 1.29 is 29.0 Å². The third kappa shape index (κ3) is 5.70. The van der Waals surface area contributed by atoms with E-state index in [4.69, 9.17) is 9.47 Å². The Hall–Kier alpha value is -3.09. The van der Waals surface area contributed by atoms with Gasteiger partial charge in [0.2, 0.25) is 0 Å². The van der Waals surface area contributed by atoms with Crippen LogP contribution in [-0.2, 0) is 27.2 Å². The highest BCUT2D eigenvalue weighted by molar-refractivity contribution is 5.86. The molecule has 1 unspecified atom stereocenters.